The zero-order valence-corrected chi connectivity index (χ0v) is 7.78. The van der Waals surface area contributed by atoms with Crippen molar-refractivity contribution in [1.29, 1.82) is 0 Å². The smallest absolute Gasteiger partial charge is 0.256 e. The highest BCUT2D eigenvalue weighted by molar-refractivity contribution is 5.60. The summed E-state index contributed by atoms with van der Waals surface area (Å²) < 4.78 is 0. The lowest BCUT2D eigenvalue weighted by molar-refractivity contribution is 1.08. The summed E-state index contributed by atoms with van der Waals surface area (Å²) >= 11 is 0. The molecule has 0 bridgehead atoms. The van der Waals surface area contributed by atoms with Crippen molar-refractivity contribution < 1.29 is 0 Å². The maximum atomic E-state index is 5.18. The molecule has 2 rings (SSSR count). The summed E-state index contributed by atoms with van der Waals surface area (Å²) in [6.45, 7) is 2.02. The Morgan fingerprint density at radius 1 is 1.36 bits per heavy atom. The topological polar surface area (TPSA) is 79.6 Å². The number of aromatic nitrogens is 3. The Morgan fingerprint density at radius 2 is 2.14 bits per heavy atom. The molecular weight excluding hydrogens is 178 g/mol. The molecule has 5 heteroatoms. The third-order valence-electron chi connectivity index (χ3n) is 2.01. The number of H-pyrrole nitrogens is 1. The normalized spacial score (nSPS) is 10.1. The molecule has 1 aromatic carbocycles. The molecule has 1 heterocycles. The molecule has 0 saturated carbocycles. The standard InChI is InChI=1S/C9H11N5/c1-6-4-2-3-5-7(6)8-11-9(12-10)14-13-8/h2-5H,10H2,1H3,(H2,11,12,13,14). The second kappa shape index (κ2) is 3.47. The average Bonchev–Trinajstić information content (AvgIpc) is 2.67. The van der Waals surface area contributed by atoms with Crippen molar-refractivity contribution in [2.75, 3.05) is 5.43 Å². The van der Waals surface area contributed by atoms with Crippen LogP contribution in [0.1, 0.15) is 5.56 Å². The van der Waals surface area contributed by atoms with Gasteiger partial charge in [-0.2, -0.15) is 4.98 Å². The molecule has 0 unspecified atom stereocenters. The summed E-state index contributed by atoms with van der Waals surface area (Å²) in [5, 5.41) is 6.69. The van der Waals surface area contributed by atoms with Crippen molar-refractivity contribution in [2.45, 2.75) is 6.92 Å². The predicted octanol–water partition coefficient (Wildman–Crippen LogP) is 1.07. The summed E-state index contributed by atoms with van der Waals surface area (Å²) in [5.74, 6) is 6.29. The van der Waals surface area contributed by atoms with Crippen molar-refractivity contribution in [2.24, 2.45) is 5.84 Å². The van der Waals surface area contributed by atoms with Gasteiger partial charge in [0.1, 0.15) is 0 Å². The molecule has 2 aromatic rings. The van der Waals surface area contributed by atoms with Crippen molar-refractivity contribution in [3.8, 4) is 11.4 Å². The molecule has 0 spiro atoms. The Hall–Kier alpha value is -1.88. The number of anilines is 1. The maximum absolute atomic E-state index is 5.18. The van der Waals surface area contributed by atoms with Crippen LogP contribution >= 0.6 is 0 Å². The zero-order chi connectivity index (χ0) is 9.97. The van der Waals surface area contributed by atoms with Crippen LogP contribution in [0.2, 0.25) is 0 Å². The molecular formula is C9H11N5. The van der Waals surface area contributed by atoms with E-state index in [1.807, 2.05) is 31.2 Å². The fourth-order valence-corrected chi connectivity index (χ4v) is 1.29. The number of aryl methyl sites for hydroxylation is 1. The first-order valence-corrected chi connectivity index (χ1v) is 4.26. The summed E-state index contributed by atoms with van der Waals surface area (Å²) in [6.07, 6.45) is 0. The molecule has 0 saturated heterocycles. The largest absolute Gasteiger partial charge is 0.291 e. The summed E-state index contributed by atoms with van der Waals surface area (Å²) in [4.78, 5) is 4.16. The van der Waals surface area contributed by atoms with Crippen LogP contribution in [0, 0.1) is 6.92 Å². The molecule has 0 fully saturated rings. The minimum Gasteiger partial charge on any atom is -0.291 e. The fourth-order valence-electron chi connectivity index (χ4n) is 1.29. The van der Waals surface area contributed by atoms with Gasteiger partial charge < -0.3 is 0 Å². The van der Waals surface area contributed by atoms with Crippen molar-refractivity contribution in [1.82, 2.24) is 15.2 Å². The summed E-state index contributed by atoms with van der Waals surface area (Å²) in [6, 6.07) is 7.95. The third-order valence-corrected chi connectivity index (χ3v) is 2.01. The molecule has 0 amide bonds. The number of hydrogen-bond acceptors (Lipinski definition) is 4. The van der Waals surface area contributed by atoms with Crippen molar-refractivity contribution >= 4 is 5.95 Å². The van der Waals surface area contributed by atoms with Gasteiger partial charge in [0.25, 0.3) is 5.95 Å². The van der Waals surface area contributed by atoms with E-state index in [1.54, 1.807) is 0 Å². The van der Waals surface area contributed by atoms with Crippen LogP contribution in [-0.2, 0) is 0 Å². The lowest BCUT2D eigenvalue weighted by atomic mass is 10.1. The maximum Gasteiger partial charge on any atom is 0.256 e. The molecule has 0 atom stereocenters. The van der Waals surface area contributed by atoms with E-state index in [0.29, 0.717) is 5.95 Å². The molecule has 5 nitrogen and oxygen atoms in total. The molecule has 0 aliphatic heterocycles. The number of nitrogen functional groups attached to an aromatic ring is 1. The number of rotatable bonds is 2. The molecule has 4 N–H and O–H groups in total. The van der Waals surface area contributed by atoms with Gasteiger partial charge in [-0.3, -0.25) is 10.5 Å². The van der Waals surface area contributed by atoms with Crippen molar-refractivity contribution in [3.05, 3.63) is 29.8 Å². The van der Waals surface area contributed by atoms with Crippen LogP contribution in [0.25, 0.3) is 11.4 Å². The number of aromatic amines is 1. The minimum atomic E-state index is 0.392. The van der Waals surface area contributed by atoms with Crippen molar-refractivity contribution in [3.63, 3.8) is 0 Å². The molecule has 72 valence electrons. The van der Waals surface area contributed by atoms with E-state index < -0.39 is 0 Å². The van der Waals surface area contributed by atoms with E-state index in [9.17, 15) is 0 Å². The number of hydrogen-bond donors (Lipinski definition) is 3. The number of benzene rings is 1. The summed E-state index contributed by atoms with van der Waals surface area (Å²) in [5.41, 5.74) is 4.56. The second-order valence-corrected chi connectivity index (χ2v) is 2.97. The quantitative estimate of drug-likeness (QED) is 0.487. The Labute approximate surface area is 81.3 Å². The van der Waals surface area contributed by atoms with Crippen LogP contribution in [0.4, 0.5) is 5.95 Å². The van der Waals surface area contributed by atoms with E-state index >= 15 is 0 Å². The monoisotopic (exact) mass is 189 g/mol. The Balaban J connectivity index is 2.44. The lowest BCUT2D eigenvalue weighted by Gasteiger charge is -1.99. The highest BCUT2D eigenvalue weighted by Crippen LogP contribution is 2.19. The van der Waals surface area contributed by atoms with Gasteiger partial charge in [0, 0.05) is 5.56 Å². The Bertz CT molecular complexity index is 434. The van der Waals surface area contributed by atoms with Gasteiger partial charge in [-0.15, -0.1) is 5.10 Å². The zero-order valence-electron chi connectivity index (χ0n) is 7.78. The SMILES string of the molecule is Cc1ccccc1-c1nc(NN)n[nH]1. The number of hydrazine groups is 1. The summed E-state index contributed by atoms with van der Waals surface area (Å²) in [7, 11) is 0. The first-order chi connectivity index (χ1) is 6.81. The van der Waals surface area contributed by atoms with E-state index in [0.717, 1.165) is 17.0 Å². The van der Waals surface area contributed by atoms with Gasteiger partial charge in [0.05, 0.1) is 0 Å². The first-order valence-electron chi connectivity index (χ1n) is 4.26. The van der Waals surface area contributed by atoms with E-state index in [-0.39, 0.29) is 0 Å². The van der Waals surface area contributed by atoms with Gasteiger partial charge in [0.15, 0.2) is 5.82 Å². The van der Waals surface area contributed by atoms with Crippen LogP contribution in [0.5, 0.6) is 0 Å². The van der Waals surface area contributed by atoms with E-state index in [4.69, 9.17) is 5.84 Å². The number of nitrogens with one attached hydrogen (secondary N) is 2. The molecule has 0 aliphatic rings. The third kappa shape index (κ3) is 1.45. The number of nitrogens with two attached hydrogens (primary N) is 1. The van der Waals surface area contributed by atoms with E-state index in [1.165, 1.54) is 0 Å². The van der Waals surface area contributed by atoms with Crippen LogP contribution < -0.4 is 11.3 Å². The predicted molar refractivity (Wildman–Crippen MR) is 54.4 cm³/mol. The van der Waals surface area contributed by atoms with Gasteiger partial charge >= 0.3 is 0 Å². The Morgan fingerprint density at radius 3 is 2.79 bits per heavy atom. The van der Waals surface area contributed by atoms with Crippen LogP contribution in [0.15, 0.2) is 24.3 Å². The highest BCUT2D eigenvalue weighted by atomic mass is 15.4. The van der Waals surface area contributed by atoms with Crippen LogP contribution in [0.3, 0.4) is 0 Å². The average molecular weight is 189 g/mol. The fraction of sp³-hybridized carbons (Fsp3) is 0.111. The van der Waals surface area contributed by atoms with Gasteiger partial charge in [0.2, 0.25) is 0 Å². The Kier molecular flexibility index (Phi) is 2.16. The first kappa shape index (κ1) is 8.71. The number of nitrogens with zero attached hydrogens (tertiary/aromatic N) is 2. The molecule has 14 heavy (non-hydrogen) atoms. The minimum absolute atomic E-state index is 0.392. The van der Waals surface area contributed by atoms with Gasteiger partial charge in [-0.05, 0) is 12.5 Å². The van der Waals surface area contributed by atoms with Gasteiger partial charge in [-0.25, -0.2) is 5.84 Å². The molecule has 1 aromatic heterocycles. The lowest BCUT2D eigenvalue weighted by Crippen LogP contribution is -2.07. The van der Waals surface area contributed by atoms with Crippen LogP contribution in [-0.4, -0.2) is 15.2 Å². The second-order valence-electron chi connectivity index (χ2n) is 2.97. The van der Waals surface area contributed by atoms with Gasteiger partial charge in [-0.1, -0.05) is 24.3 Å². The molecule has 0 radical (unpaired) electrons. The highest BCUT2D eigenvalue weighted by Gasteiger charge is 2.05. The molecule has 0 aliphatic carbocycles. The van der Waals surface area contributed by atoms with E-state index in [2.05, 4.69) is 20.6 Å².